The fourth-order valence-corrected chi connectivity index (χ4v) is 3.21. The van der Waals surface area contributed by atoms with E-state index in [1.54, 1.807) is 43.5 Å². The van der Waals surface area contributed by atoms with Gasteiger partial charge in [0.05, 0.1) is 20.4 Å². The van der Waals surface area contributed by atoms with Gasteiger partial charge in [0, 0.05) is 20.6 Å². The Kier molecular flexibility index (Phi) is 8.68. The van der Waals surface area contributed by atoms with Crippen LogP contribution in [0.1, 0.15) is 29.8 Å². The zero-order valence-corrected chi connectivity index (χ0v) is 19.4. The first-order valence-corrected chi connectivity index (χ1v) is 10.2. The molecule has 7 nitrogen and oxygen atoms in total. The van der Waals surface area contributed by atoms with Gasteiger partial charge in [-0.25, -0.2) is 5.43 Å². The number of carbonyl (C=O) groups is 2. The number of halogens is 2. The number of rotatable bonds is 8. The maximum absolute atomic E-state index is 12.6. The molecule has 0 spiro atoms. The Labute approximate surface area is 188 Å². The van der Waals surface area contributed by atoms with Crippen LogP contribution in [0.5, 0.6) is 11.5 Å². The van der Waals surface area contributed by atoms with Gasteiger partial charge < -0.3 is 14.8 Å². The van der Waals surface area contributed by atoms with E-state index in [9.17, 15) is 9.59 Å². The quantitative estimate of drug-likeness (QED) is 0.427. The third-order valence-electron chi connectivity index (χ3n) is 4.20. The van der Waals surface area contributed by atoms with Crippen LogP contribution in [-0.2, 0) is 4.79 Å². The molecule has 2 rings (SSSR count). The van der Waals surface area contributed by atoms with Gasteiger partial charge >= 0.3 is 0 Å². The van der Waals surface area contributed by atoms with Crippen molar-refractivity contribution in [1.29, 1.82) is 0 Å². The van der Waals surface area contributed by atoms with Crippen molar-refractivity contribution in [2.45, 2.75) is 19.9 Å². The van der Waals surface area contributed by atoms with Crippen LogP contribution in [0.3, 0.4) is 0 Å². The molecule has 0 aromatic heterocycles. The summed E-state index contributed by atoms with van der Waals surface area (Å²) in [7, 11) is 3.08. The predicted molar refractivity (Wildman–Crippen MR) is 121 cm³/mol. The predicted octanol–water partition coefficient (Wildman–Crippen LogP) is 4.02. The number of hydrazone groups is 1. The fourth-order valence-electron chi connectivity index (χ4n) is 2.59. The van der Waals surface area contributed by atoms with Crippen molar-refractivity contribution in [1.82, 2.24) is 10.7 Å². The summed E-state index contributed by atoms with van der Waals surface area (Å²) in [6.45, 7) is 3.66. The highest BCUT2D eigenvalue weighted by Crippen LogP contribution is 2.32. The second kappa shape index (κ2) is 11.0. The zero-order chi connectivity index (χ0) is 22.3. The third kappa shape index (κ3) is 6.21. The van der Waals surface area contributed by atoms with Crippen LogP contribution in [0, 0.1) is 5.92 Å². The second-order valence-electron chi connectivity index (χ2n) is 6.67. The summed E-state index contributed by atoms with van der Waals surface area (Å²) in [6, 6.07) is 9.20. The molecule has 2 N–H and O–H groups in total. The van der Waals surface area contributed by atoms with Crippen LogP contribution in [0.25, 0.3) is 0 Å². The van der Waals surface area contributed by atoms with Crippen LogP contribution in [0.4, 0.5) is 0 Å². The Morgan fingerprint density at radius 2 is 1.80 bits per heavy atom. The molecule has 0 bridgehead atoms. The number of nitrogens with zero attached hydrogens (tertiary/aromatic N) is 1. The molecule has 0 heterocycles. The molecule has 0 aliphatic carbocycles. The van der Waals surface area contributed by atoms with Gasteiger partial charge in [-0.05, 0) is 52.2 Å². The smallest absolute Gasteiger partial charge is 0.262 e. The Hall–Kier alpha value is -2.58. The van der Waals surface area contributed by atoms with E-state index >= 15 is 0 Å². The normalized spacial score (nSPS) is 12.0. The largest absolute Gasteiger partial charge is 0.493 e. The number of carbonyl (C=O) groups excluding carboxylic acids is 2. The first-order chi connectivity index (χ1) is 14.3. The molecule has 1 atom stereocenters. The van der Waals surface area contributed by atoms with Gasteiger partial charge in [0.1, 0.15) is 6.04 Å². The lowest BCUT2D eigenvalue weighted by Gasteiger charge is -2.20. The number of hydrogen-bond donors (Lipinski definition) is 2. The number of ether oxygens (including phenoxy) is 2. The maximum Gasteiger partial charge on any atom is 0.262 e. The number of hydrogen-bond acceptors (Lipinski definition) is 5. The summed E-state index contributed by atoms with van der Waals surface area (Å²) in [5.74, 6) is 0.110. The molecule has 0 radical (unpaired) electrons. The van der Waals surface area contributed by atoms with E-state index in [4.69, 9.17) is 21.1 Å². The van der Waals surface area contributed by atoms with E-state index in [0.717, 1.165) is 0 Å². The highest BCUT2D eigenvalue weighted by molar-refractivity contribution is 9.10. The van der Waals surface area contributed by atoms with E-state index in [2.05, 4.69) is 31.8 Å². The molecule has 2 amide bonds. The second-order valence-corrected chi connectivity index (χ2v) is 7.96. The van der Waals surface area contributed by atoms with Crippen molar-refractivity contribution >= 4 is 45.6 Å². The van der Waals surface area contributed by atoms with Gasteiger partial charge in [0.2, 0.25) is 0 Å². The molecule has 0 saturated heterocycles. The average molecular weight is 497 g/mol. The molecule has 0 aliphatic heterocycles. The summed E-state index contributed by atoms with van der Waals surface area (Å²) >= 11 is 9.36. The van der Waals surface area contributed by atoms with E-state index < -0.39 is 17.9 Å². The van der Waals surface area contributed by atoms with E-state index in [0.29, 0.717) is 32.1 Å². The summed E-state index contributed by atoms with van der Waals surface area (Å²) in [4.78, 5) is 25.1. The van der Waals surface area contributed by atoms with E-state index in [-0.39, 0.29) is 5.92 Å². The van der Waals surface area contributed by atoms with Crippen LogP contribution in [-0.4, -0.2) is 38.3 Å². The molecular formula is C21H23BrClN3O4. The number of benzene rings is 2. The van der Waals surface area contributed by atoms with Gasteiger partial charge in [-0.1, -0.05) is 31.5 Å². The molecule has 0 aliphatic rings. The van der Waals surface area contributed by atoms with Crippen molar-refractivity contribution in [2.75, 3.05) is 14.2 Å². The first kappa shape index (κ1) is 23.7. The Morgan fingerprint density at radius 3 is 2.40 bits per heavy atom. The van der Waals surface area contributed by atoms with Gasteiger partial charge in [-0.15, -0.1) is 0 Å². The summed E-state index contributed by atoms with van der Waals surface area (Å²) in [5, 5.41) is 7.17. The minimum absolute atomic E-state index is 0.156. The van der Waals surface area contributed by atoms with Gasteiger partial charge in [-0.3, -0.25) is 9.59 Å². The van der Waals surface area contributed by atoms with Gasteiger partial charge in [-0.2, -0.15) is 5.10 Å². The summed E-state index contributed by atoms with van der Waals surface area (Å²) in [5.41, 5.74) is 3.52. The Balaban J connectivity index is 2.09. The molecular weight excluding hydrogens is 474 g/mol. The first-order valence-electron chi connectivity index (χ1n) is 9.07. The zero-order valence-electron chi connectivity index (χ0n) is 17.0. The standard InChI is InChI=1S/C21H23BrClN3O4/c1-12(2)19(25-20(27)13-6-5-7-15(23)8-13)21(28)26-24-11-14-9-17(29-3)18(30-4)10-16(14)22/h5-12,19H,1-4H3,(H,25,27)(H,26,28). The Bertz CT molecular complexity index is 950. The maximum atomic E-state index is 12.6. The Morgan fingerprint density at radius 1 is 1.13 bits per heavy atom. The van der Waals surface area contributed by atoms with Crippen molar-refractivity contribution < 1.29 is 19.1 Å². The van der Waals surface area contributed by atoms with Gasteiger partial charge in [0.25, 0.3) is 11.8 Å². The van der Waals surface area contributed by atoms with Crippen molar-refractivity contribution in [2.24, 2.45) is 11.0 Å². The molecule has 1 unspecified atom stereocenters. The highest BCUT2D eigenvalue weighted by Gasteiger charge is 2.24. The fraction of sp³-hybridized carbons (Fsp3) is 0.286. The SMILES string of the molecule is COc1cc(Br)c(C=NNC(=O)C(NC(=O)c2cccc(Cl)c2)C(C)C)cc1OC. The average Bonchev–Trinajstić information content (AvgIpc) is 2.72. The minimum atomic E-state index is -0.775. The van der Waals surface area contributed by atoms with E-state index in [1.165, 1.54) is 13.3 Å². The van der Waals surface area contributed by atoms with E-state index in [1.807, 2.05) is 13.8 Å². The van der Waals surface area contributed by atoms with Crippen LogP contribution >= 0.6 is 27.5 Å². The molecule has 2 aromatic rings. The monoisotopic (exact) mass is 495 g/mol. The molecule has 30 heavy (non-hydrogen) atoms. The topological polar surface area (TPSA) is 89.0 Å². The molecule has 0 saturated carbocycles. The lowest BCUT2D eigenvalue weighted by molar-refractivity contribution is -0.123. The molecule has 160 valence electrons. The van der Waals surface area contributed by atoms with Crippen LogP contribution in [0.15, 0.2) is 46.0 Å². The highest BCUT2D eigenvalue weighted by atomic mass is 79.9. The van der Waals surface area contributed by atoms with Gasteiger partial charge in [0.15, 0.2) is 11.5 Å². The van der Waals surface area contributed by atoms with Crippen LogP contribution < -0.4 is 20.2 Å². The van der Waals surface area contributed by atoms with Crippen molar-refractivity contribution in [3.05, 3.63) is 57.0 Å². The number of methoxy groups -OCH3 is 2. The molecule has 2 aromatic carbocycles. The van der Waals surface area contributed by atoms with Crippen molar-refractivity contribution in [3.8, 4) is 11.5 Å². The summed E-state index contributed by atoms with van der Waals surface area (Å²) in [6.07, 6.45) is 1.47. The summed E-state index contributed by atoms with van der Waals surface area (Å²) < 4.78 is 11.2. The molecule has 9 heteroatoms. The lowest BCUT2D eigenvalue weighted by Crippen LogP contribution is -2.48. The van der Waals surface area contributed by atoms with Crippen LogP contribution in [0.2, 0.25) is 5.02 Å². The number of amides is 2. The third-order valence-corrected chi connectivity index (χ3v) is 5.13. The number of nitrogens with one attached hydrogen (secondary N) is 2. The molecule has 0 fully saturated rings. The minimum Gasteiger partial charge on any atom is -0.493 e. The van der Waals surface area contributed by atoms with Crippen molar-refractivity contribution in [3.63, 3.8) is 0 Å². The lowest BCUT2D eigenvalue weighted by atomic mass is 10.0.